The van der Waals surface area contributed by atoms with Crippen molar-refractivity contribution in [1.82, 2.24) is 9.97 Å². The number of benzene rings is 2. The molecule has 2 aromatic carbocycles. The smallest absolute Gasteiger partial charge is 0.270 e. The molecule has 2 N–H and O–H groups in total. The van der Waals surface area contributed by atoms with Crippen LogP contribution in [-0.4, -0.2) is 22.8 Å². The Kier molecular flexibility index (Phi) is 6.66. The van der Waals surface area contributed by atoms with E-state index in [0.717, 1.165) is 11.1 Å². The molecule has 29 heavy (non-hydrogen) atoms. The van der Waals surface area contributed by atoms with E-state index >= 15 is 0 Å². The van der Waals surface area contributed by atoms with E-state index in [-0.39, 0.29) is 11.5 Å². The van der Waals surface area contributed by atoms with Crippen molar-refractivity contribution in [2.45, 2.75) is 6.61 Å². The molecule has 0 aliphatic heterocycles. The molecule has 3 rings (SSSR count). The van der Waals surface area contributed by atoms with Crippen LogP contribution in [0.15, 0.2) is 77.1 Å². The largest absolute Gasteiger partial charge is 0.373 e. The van der Waals surface area contributed by atoms with Gasteiger partial charge >= 0.3 is 0 Å². The third-order valence-electron chi connectivity index (χ3n) is 3.92. The van der Waals surface area contributed by atoms with Gasteiger partial charge in [-0.1, -0.05) is 54.6 Å². The molecule has 0 unspecified atom stereocenters. The second kappa shape index (κ2) is 9.78. The number of ether oxygens (including phenoxy) is 1. The molecule has 0 bridgehead atoms. The molecule has 7 heteroatoms. The number of anilines is 1. The number of nitrogens with zero attached hydrogens (tertiary/aromatic N) is 3. The van der Waals surface area contributed by atoms with Crippen LogP contribution in [-0.2, 0) is 11.3 Å². The first-order valence-corrected chi connectivity index (χ1v) is 8.87. The van der Waals surface area contributed by atoms with Crippen LogP contribution in [0.5, 0.6) is 0 Å². The van der Waals surface area contributed by atoms with Gasteiger partial charge in [0.2, 0.25) is 5.95 Å². The quantitative estimate of drug-likeness (QED) is 0.267. The van der Waals surface area contributed by atoms with Crippen LogP contribution in [0, 0.1) is 11.3 Å². The van der Waals surface area contributed by atoms with Gasteiger partial charge in [0.05, 0.1) is 25.1 Å². The SMILES string of the molecule is C=CCOCc1cccc(C=NNc2nc(-c3ccccc3)c(C#N)c(=O)[nH]2)c1. The number of hydrogen-bond donors (Lipinski definition) is 2. The van der Waals surface area contributed by atoms with E-state index in [1.807, 2.05) is 48.5 Å². The molecule has 7 nitrogen and oxygen atoms in total. The number of rotatable bonds is 8. The zero-order chi connectivity index (χ0) is 20.5. The number of hydrazone groups is 1. The van der Waals surface area contributed by atoms with Crippen molar-refractivity contribution in [1.29, 1.82) is 5.26 Å². The third kappa shape index (κ3) is 5.25. The molecule has 0 saturated heterocycles. The highest BCUT2D eigenvalue weighted by Crippen LogP contribution is 2.19. The summed E-state index contributed by atoms with van der Waals surface area (Å²) in [6.45, 7) is 4.58. The second-order valence-corrected chi connectivity index (χ2v) is 6.03. The number of nitrogens with one attached hydrogen (secondary N) is 2. The molecule has 0 spiro atoms. The van der Waals surface area contributed by atoms with Gasteiger partial charge in [-0.25, -0.2) is 10.4 Å². The van der Waals surface area contributed by atoms with Crippen molar-refractivity contribution in [2.75, 3.05) is 12.0 Å². The second-order valence-electron chi connectivity index (χ2n) is 6.03. The molecule has 0 aliphatic carbocycles. The normalized spacial score (nSPS) is 10.6. The molecule has 0 atom stereocenters. The third-order valence-corrected chi connectivity index (χ3v) is 3.92. The minimum atomic E-state index is -0.527. The fourth-order valence-corrected chi connectivity index (χ4v) is 2.63. The van der Waals surface area contributed by atoms with Gasteiger partial charge in [-0.3, -0.25) is 9.78 Å². The molecule has 0 fully saturated rings. The molecule has 0 aliphatic rings. The predicted octanol–water partition coefficient (Wildman–Crippen LogP) is 3.46. The highest BCUT2D eigenvalue weighted by Gasteiger charge is 2.12. The molecule has 1 heterocycles. The van der Waals surface area contributed by atoms with E-state index < -0.39 is 5.56 Å². The van der Waals surface area contributed by atoms with Crippen LogP contribution in [0.1, 0.15) is 16.7 Å². The molecular weight excluding hydrogens is 366 g/mol. The van der Waals surface area contributed by atoms with Crippen molar-refractivity contribution < 1.29 is 4.74 Å². The van der Waals surface area contributed by atoms with Crippen LogP contribution in [0.2, 0.25) is 0 Å². The van der Waals surface area contributed by atoms with E-state index in [4.69, 9.17) is 4.74 Å². The summed E-state index contributed by atoms with van der Waals surface area (Å²) in [5, 5.41) is 13.4. The number of H-pyrrole nitrogens is 1. The van der Waals surface area contributed by atoms with Crippen molar-refractivity contribution >= 4 is 12.2 Å². The average Bonchev–Trinajstić information content (AvgIpc) is 2.74. The minimum Gasteiger partial charge on any atom is -0.373 e. The molecule has 0 radical (unpaired) electrons. The average molecular weight is 385 g/mol. The van der Waals surface area contributed by atoms with Gasteiger partial charge in [-0.05, 0) is 17.2 Å². The molecule has 1 aromatic heterocycles. The zero-order valence-corrected chi connectivity index (χ0v) is 15.6. The Hall–Kier alpha value is -4.02. The van der Waals surface area contributed by atoms with Gasteiger partial charge in [0.15, 0.2) is 0 Å². The fraction of sp³-hybridized carbons (Fsp3) is 0.0909. The Morgan fingerprint density at radius 3 is 2.83 bits per heavy atom. The molecule has 0 amide bonds. The van der Waals surface area contributed by atoms with Gasteiger partial charge in [0.25, 0.3) is 5.56 Å². The lowest BCUT2D eigenvalue weighted by Gasteiger charge is -2.06. The van der Waals surface area contributed by atoms with Gasteiger partial charge in [-0.2, -0.15) is 10.4 Å². The predicted molar refractivity (Wildman–Crippen MR) is 113 cm³/mol. The summed E-state index contributed by atoms with van der Waals surface area (Å²) in [5.41, 5.74) is 4.99. The maximum atomic E-state index is 12.2. The summed E-state index contributed by atoms with van der Waals surface area (Å²) >= 11 is 0. The van der Waals surface area contributed by atoms with Crippen LogP contribution in [0.25, 0.3) is 11.3 Å². The highest BCUT2D eigenvalue weighted by atomic mass is 16.5. The van der Waals surface area contributed by atoms with Gasteiger partial charge in [-0.15, -0.1) is 6.58 Å². The van der Waals surface area contributed by atoms with E-state index in [1.165, 1.54) is 0 Å². The fourth-order valence-electron chi connectivity index (χ4n) is 2.63. The van der Waals surface area contributed by atoms with Crippen LogP contribution >= 0.6 is 0 Å². The lowest BCUT2D eigenvalue weighted by molar-refractivity contribution is 0.149. The van der Waals surface area contributed by atoms with Crippen molar-refractivity contribution in [3.8, 4) is 17.3 Å². The maximum Gasteiger partial charge on any atom is 0.270 e. The van der Waals surface area contributed by atoms with Gasteiger partial charge < -0.3 is 4.74 Å². The summed E-state index contributed by atoms with van der Waals surface area (Å²) in [6, 6.07) is 18.7. The van der Waals surface area contributed by atoms with Gasteiger partial charge in [0.1, 0.15) is 11.6 Å². The number of aromatic amines is 1. The number of hydrogen-bond acceptors (Lipinski definition) is 6. The first kappa shape index (κ1) is 19.7. The van der Waals surface area contributed by atoms with E-state index in [0.29, 0.717) is 24.5 Å². The van der Waals surface area contributed by atoms with Crippen molar-refractivity contribution in [3.63, 3.8) is 0 Å². The van der Waals surface area contributed by atoms with Crippen molar-refractivity contribution in [3.05, 3.63) is 94.3 Å². The van der Waals surface area contributed by atoms with Crippen LogP contribution in [0.3, 0.4) is 0 Å². The lowest BCUT2D eigenvalue weighted by atomic mass is 10.1. The van der Waals surface area contributed by atoms with Crippen molar-refractivity contribution in [2.24, 2.45) is 5.10 Å². The van der Waals surface area contributed by atoms with E-state index in [1.54, 1.807) is 24.4 Å². The van der Waals surface area contributed by atoms with E-state index in [2.05, 4.69) is 27.1 Å². The first-order chi connectivity index (χ1) is 14.2. The Morgan fingerprint density at radius 1 is 1.24 bits per heavy atom. The Bertz CT molecular complexity index is 1110. The van der Waals surface area contributed by atoms with Crippen LogP contribution in [0.4, 0.5) is 5.95 Å². The van der Waals surface area contributed by atoms with E-state index in [9.17, 15) is 10.1 Å². The van der Waals surface area contributed by atoms with Crippen LogP contribution < -0.4 is 11.0 Å². The Morgan fingerprint density at radius 2 is 2.07 bits per heavy atom. The Balaban J connectivity index is 1.78. The monoisotopic (exact) mass is 385 g/mol. The molecule has 0 saturated carbocycles. The summed E-state index contributed by atoms with van der Waals surface area (Å²) in [7, 11) is 0. The molecular formula is C22H19N5O2. The maximum absolute atomic E-state index is 12.2. The lowest BCUT2D eigenvalue weighted by Crippen LogP contribution is -2.16. The molecule has 144 valence electrons. The molecule has 3 aromatic rings. The standard InChI is InChI=1S/C22H19N5O2/c1-2-11-29-15-17-8-6-7-16(12-17)14-24-27-22-25-20(18-9-4-3-5-10-18)19(13-23)21(28)26-22/h2-10,12,14H,1,11,15H2,(H2,25,26,27,28). The topological polar surface area (TPSA) is 103 Å². The number of nitriles is 1. The first-order valence-electron chi connectivity index (χ1n) is 8.87. The summed E-state index contributed by atoms with van der Waals surface area (Å²) in [4.78, 5) is 19.1. The summed E-state index contributed by atoms with van der Waals surface area (Å²) in [6.07, 6.45) is 3.31. The summed E-state index contributed by atoms with van der Waals surface area (Å²) < 4.78 is 5.43. The zero-order valence-electron chi connectivity index (χ0n) is 15.6. The minimum absolute atomic E-state index is 0.0436. The number of aromatic nitrogens is 2. The highest BCUT2D eigenvalue weighted by molar-refractivity contribution is 5.80. The summed E-state index contributed by atoms with van der Waals surface area (Å²) in [5.74, 6) is 0.148. The Labute approximate surface area is 168 Å². The van der Waals surface area contributed by atoms with Gasteiger partial charge in [0, 0.05) is 5.56 Å².